The van der Waals surface area contributed by atoms with Crippen molar-refractivity contribution in [2.24, 2.45) is 0 Å². The summed E-state index contributed by atoms with van der Waals surface area (Å²) >= 11 is 1.68. The zero-order chi connectivity index (χ0) is 21.3. The van der Waals surface area contributed by atoms with Gasteiger partial charge in [0.25, 0.3) is 0 Å². The molecule has 0 aliphatic heterocycles. The maximum absolute atomic E-state index is 5.37. The quantitative estimate of drug-likeness (QED) is 0.405. The Morgan fingerprint density at radius 1 is 0.867 bits per heavy atom. The van der Waals surface area contributed by atoms with Crippen LogP contribution in [0.25, 0.3) is 20.7 Å². The molecule has 0 amide bonds. The van der Waals surface area contributed by atoms with Crippen molar-refractivity contribution in [3.05, 3.63) is 60.4 Å². The second-order valence-corrected chi connectivity index (χ2v) is 9.15. The van der Waals surface area contributed by atoms with Crippen LogP contribution in [-0.2, 0) is 5.41 Å². The lowest BCUT2D eigenvalue weighted by molar-refractivity contribution is 0.395. The number of rotatable bonds is 5. The number of anilines is 2. The average Bonchev–Trinajstić information content (AvgIpc) is 3.18. The highest BCUT2D eigenvalue weighted by Gasteiger charge is 2.15. The number of fused-ring (bicyclic) bond motifs is 1. The molecule has 6 heteroatoms. The highest BCUT2D eigenvalue weighted by Crippen LogP contribution is 2.38. The van der Waals surface area contributed by atoms with Gasteiger partial charge in [-0.05, 0) is 22.6 Å². The molecule has 4 aromatic rings. The molecule has 0 atom stereocenters. The van der Waals surface area contributed by atoms with E-state index in [0.717, 1.165) is 26.6 Å². The van der Waals surface area contributed by atoms with Crippen LogP contribution in [-0.4, -0.2) is 24.2 Å². The molecule has 30 heavy (non-hydrogen) atoms. The Labute approximate surface area is 180 Å². The lowest BCUT2D eigenvalue weighted by Gasteiger charge is -2.18. The van der Waals surface area contributed by atoms with Gasteiger partial charge >= 0.3 is 0 Å². The van der Waals surface area contributed by atoms with Gasteiger partial charge in [-0.2, -0.15) is 0 Å². The fourth-order valence-corrected chi connectivity index (χ4v) is 4.30. The molecule has 154 valence electrons. The molecule has 0 radical (unpaired) electrons. The van der Waals surface area contributed by atoms with Crippen molar-refractivity contribution in [1.82, 2.24) is 9.97 Å². The van der Waals surface area contributed by atoms with E-state index < -0.39 is 0 Å². The fraction of sp³-hybridized carbons (Fsp3) is 0.250. The van der Waals surface area contributed by atoms with Crippen molar-refractivity contribution in [2.75, 3.05) is 19.5 Å². The lowest BCUT2D eigenvalue weighted by Crippen LogP contribution is -2.10. The number of aromatic nitrogens is 2. The van der Waals surface area contributed by atoms with E-state index >= 15 is 0 Å². The van der Waals surface area contributed by atoms with Crippen LogP contribution in [0.4, 0.5) is 11.5 Å². The third kappa shape index (κ3) is 4.09. The smallest absolute Gasteiger partial charge is 0.151 e. The minimum Gasteiger partial charge on any atom is -0.497 e. The van der Waals surface area contributed by atoms with Gasteiger partial charge in [0.05, 0.1) is 24.4 Å². The molecule has 0 fully saturated rings. The second kappa shape index (κ2) is 7.95. The van der Waals surface area contributed by atoms with E-state index in [4.69, 9.17) is 9.47 Å². The second-order valence-electron chi connectivity index (χ2n) is 8.10. The highest BCUT2D eigenvalue weighted by atomic mass is 32.1. The van der Waals surface area contributed by atoms with E-state index in [1.54, 1.807) is 31.9 Å². The van der Waals surface area contributed by atoms with Crippen LogP contribution in [0, 0.1) is 0 Å². The minimum absolute atomic E-state index is 0.138. The van der Waals surface area contributed by atoms with Crippen molar-refractivity contribution >= 4 is 33.1 Å². The Morgan fingerprint density at radius 3 is 2.13 bits per heavy atom. The van der Waals surface area contributed by atoms with Crippen molar-refractivity contribution in [2.45, 2.75) is 26.2 Å². The molecule has 2 aromatic heterocycles. The Hall–Kier alpha value is -3.12. The molecule has 0 saturated heterocycles. The van der Waals surface area contributed by atoms with Gasteiger partial charge in [0.1, 0.15) is 17.8 Å². The number of ether oxygens (including phenoxy) is 2. The summed E-state index contributed by atoms with van der Waals surface area (Å²) in [6.07, 6.45) is 1.58. The van der Waals surface area contributed by atoms with Crippen molar-refractivity contribution in [3.63, 3.8) is 0 Å². The minimum atomic E-state index is 0.138. The third-order valence-electron chi connectivity index (χ3n) is 4.96. The predicted octanol–water partition coefficient (Wildman–Crippen LogP) is 6.42. The van der Waals surface area contributed by atoms with Gasteiger partial charge < -0.3 is 14.8 Å². The van der Waals surface area contributed by atoms with E-state index in [0.29, 0.717) is 11.5 Å². The molecule has 4 rings (SSSR count). The van der Waals surface area contributed by atoms with Crippen molar-refractivity contribution < 1.29 is 9.47 Å². The van der Waals surface area contributed by atoms with Gasteiger partial charge in [-0.25, -0.2) is 9.97 Å². The molecular weight excluding hydrogens is 394 g/mol. The summed E-state index contributed by atoms with van der Waals surface area (Å²) in [6.45, 7) is 6.67. The van der Waals surface area contributed by atoms with E-state index in [1.165, 1.54) is 11.1 Å². The third-order valence-corrected chi connectivity index (χ3v) is 6.14. The Balaban J connectivity index is 1.69. The van der Waals surface area contributed by atoms with Gasteiger partial charge in [0.2, 0.25) is 0 Å². The summed E-state index contributed by atoms with van der Waals surface area (Å²) in [6, 6.07) is 16.5. The van der Waals surface area contributed by atoms with E-state index in [1.807, 2.05) is 18.2 Å². The summed E-state index contributed by atoms with van der Waals surface area (Å²) in [5.41, 5.74) is 4.40. The van der Waals surface area contributed by atoms with Gasteiger partial charge in [-0.1, -0.05) is 45.0 Å². The van der Waals surface area contributed by atoms with E-state index in [9.17, 15) is 0 Å². The number of methoxy groups -OCH3 is 2. The molecule has 2 heterocycles. The van der Waals surface area contributed by atoms with Gasteiger partial charge in [-0.3, -0.25) is 0 Å². The monoisotopic (exact) mass is 419 g/mol. The molecule has 0 spiro atoms. The van der Waals surface area contributed by atoms with Crippen molar-refractivity contribution in [3.8, 4) is 21.9 Å². The number of nitrogens with zero attached hydrogens (tertiary/aromatic N) is 2. The maximum Gasteiger partial charge on any atom is 0.151 e. The molecular formula is C24H25N3O2S. The van der Waals surface area contributed by atoms with Crippen LogP contribution in [0.1, 0.15) is 26.3 Å². The summed E-state index contributed by atoms with van der Waals surface area (Å²) in [4.78, 5) is 10.1. The molecule has 0 saturated carbocycles. The number of thiophene rings is 1. The SMILES string of the molecule is COc1cc(Nc2ncnc3cc(-c4ccc(C(C)(C)C)cc4)sc23)cc(OC)c1. The number of hydrogen-bond donors (Lipinski definition) is 1. The molecule has 0 aliphatic rings. The van der Waals surface area contributed by atoms with Crippen molar-refractivity contribution in [1.29, 1.82) is 0 Å². The van der Waals surface area contributed by atoms with Crippen LogP contribution in [0.3, 0.4) is 0 Å². The van der Waals surface area contributed by atoms with E-state index in [2.05, 4.69) is 66.4 Å². The first-order valence-corrected chi connectivity index (χ1v) is 10.5. The highest BCUT2D eigenvalue weighted by molar-refractivity contribution is 7.22. The Bertz CT molecular complexity index is 1160. The first-order valence-electron chi connectivity index (χ1n) is 9.73. The van der Waals surface area contributed by atoms with Gasteiger partial charge in [0, 0.05) is 28.8 Å². The summed E-state index contributed by atoms with van der Waals surface area (Å²) in [5, 5.41) is 3.39. The van der Waals surface area contributed by atoms with Crippen LogP contribution in [0.5, 0.6) is 11.5 Å². The Kier molecular flexibility index (Phi) is 5.35. The molecule has 0 aliphatic carbocycles. The molecule has 2 aromatic carbocycles. The molecule has 5 nitrogen and oxygen atoms in total. The fourth-order valence-electron chi connectivity index (χ4n) is 3.24. The summed E-state index contributed by atoms with van der Waals surface area (Å²) < 4.78 is 11.7. The van der Waals surface area contributed by atoms with Crippen LogP contribution in [0.15, 0.2) is 54.9 Å². The average molecular weight is 420 g/mol. The number of benzene rings is 2. The topological polar surface area (TPSA) is 56.3 Å². The maximum atomic E-state index is 5.37. The van der Waals surface area contributed by atoms with Crippen LogP contribution < -0.4 is 14.8 Å². The normalized spacial score (nSPS) is 11.5. The first kappa shape index (κ1) is 20.2. The largest absolute Gasteiger partial charge is 0.497 e. The summed E-state index contributed by atoms with van der Waals surface area (Å²) in [7, 11) is 3.27. The van der Waals surface area contributed by atoms with Gasteiger partial charge in [0.15, 0.2) is 5.82 Å². The molecule has 0 unspecified atom stereocenters. The van der Waals surface area contributed by atoms with Gasteiger partial charge in [-0.15, -0.1) is 11.3 Å². The first-order chi connectivity index (χ1) is 14.4. The zero-order valence-corrected chi connectivity index (χ0v) is 18.6. The molecule has 0 bridgehead atoms. The number of nitrogens with one attached hydrogen (secondary N) is 1. The lowest BCUT2D eigenvalue weighted by atomic mass is 9.86. The molecule has 1 N–H and O–H groups in total. The number of hydrogen-bond acceptors (Lipinski definition) is 6. The predicted molar refractivity (Wildman–Crippen MR) is 124 cm³/mol. The standard InChI is InChI=1S/C24H25N3O2S/c1-24(2,3)16-8-6-15(7-9-16)21-13-20-22(30-21)23(26-14-25-20)27-17-10-18(28-4)12-19(11-17)29-5/h6-14H,1-5H3,(H,25,26,27). The zero-order valence-electron chi connectivity index (χ0n) is 17.8. The summed E-state index contributed by atoms with van der Waals surface area (Å²) in [5.74, 6) is 2.19. The van der Waals surface area contributed by atoms with Crippen LogP contribution >= 0.6 is 11.3 Å². The Morgan fingerprint density at radius 2 is 1.53 bits per heavy atom. The van der Waals surface area contributed by atoms with Crippen LogP contribution in [0.2, 0.25) is 0 Å². The van der Waals surface area contributed by atoms with E-state index in [-0.39, 0.29) is 5.41 Å².